The first-order chi connectivity index (χ1) is 16.6. The standard InChI is InChI=1S/C26H28N6O2/c1-16-12-27-25(31-24(16)28-21-8-9-23-22(11-21)30-26(33)34-23)29-20-7-6-18-14-32(15-19(18)10-20)13-17-4-2-3-5-17/h6-12,17H,2-5,13-15H2,1H3,(H,30,33)(H2,27,28,29,31). The highest BCUT2D eigenvalue weighted by Crippen LogP contribution is 2.31. The number of oxazole rings is 1. The minimum Gasteiger partial charge on any atom is -0.408 e. The highest BCUT2D eigenvalue weighted by Gasteiger charge is 2.24. The third-order valence-electron chi connectivity index (χ3n) is 6.89. The Morgan fingerprint density at radius 2 is 1.85 bits per heavy atom. The summed E-state index contributed by atoms with van der Waals surface area (Å²) in [6, 6.07) is 12.0. The van der Waals surface area contributed by atoms with Crippen LogP contribution in [0.25, 0.3) is 11.1 Å². The number of nitrogens with zero attached hydrogens (tertiary/aromatic N) is 3. The molecule has 3 N–H and O–H groups in total. The van der Waals surface area contributed by atoms with Gasteiger partial charge < -0.3 is 15.1 Å². The van der Waals surface area contributed by atoms with Gasteiger partial charge in [0, 0.05) is 42.8 Å². The van der Waals surface area contributed by atoms with Crippen molar-refractivity contribution in [2.24, 2.45) is 5.92 Å². The van der Waals surface area contributed by atoms with E-state index < -0.39 is 5.76 Å². The van der Waals surface area contributed by atoms with Gasteiger partial charge in [0.15, 0.2) is 5.58 Å². The van der Waals surface area contributed by atoms with Gasteiger partial charge in [-0.25, -0.2) is 9.78 Å². The topological polar surface area (TPSA) is 99.1 Å². The average molecular weight is 457 g/mol. The summed E-state index contributed by atoms with van der Waals surface area (Å²) in [6.07, 6.45) is 7.35. The Morgan fingerprint density at radius 1 is 1.06 bits per heavy atom. The highest BCUT2D eigenvalue weighted by atomic mass is 16.4. The third-order valence-corrected chi connectivity index (χ3v) is 6.89. The average Bonchev–Trinajstić information content (AvgIpc) is 3.55. The van der Waals surface area contributed by atoms with E-state index in [2.05, 4.69) is 48.7 Å². The molecule has 8 heteroatoms. The zero-order chi connectivity index (χ0) is 23.1. The zero-order valence-electron chi connectivity index (χ0n) is 19.2. The van der Waals surface area contributed by atoms with E-state index in [1.807, 2.05) is 19.1 Å². The summed E-state index contributed by atoms with van der Waals surface area (Å²) in [6.45, 7) is 5.24. The number of hydrogen-bond acceptors (Lipinski definition) is 7. The molecule has 6 rings (SSSR count). The fraction of sp³-hybridized carbons (Fsp3) is 0.346. The first kappa shape index (κ1) is 20.9. The maximum Gasteiger partial charge on any atom is 0.417 e. The minimum absolute atomic E-state index is 0.465. The van der Waals surface area contributed by atoms with Crippen LogP contribution >= 0.6 is 0 Å². The molecule has 4 aromatic rings. The second kappa shape index (κ2) is 8.61. The summed E-state index contributed by atoms with van der Waals surface area (Å²) < 4.78 is 5.08. The van der Waals surface area contributed by atoms with Crippen molar-refractivity contribution in [2.75, 3.05) is 17.2 Å². The predicted molar refractivity (Wildman–Crippen MR) is 133 cm³/mol. The molecule has 0 radical (unpaired) electrons. The molecule has 0 saturated heterocycles. The van der Waals surface area contributed by atoms with Crippen LogP contribution in [0.5, 0.6) is 0 Å². The van der Waals surface area contributed by atoms with Gasteiger partial charge in [-0.15, -0.1) is 0 Å². The molecule has 1 aliphatic carbocycles. The Hall–Kier alpha value is -3.65. The Balaban J connectivity index is 1.16. The Labute approximate surface area is 197 Å². The summed E-state index contributed by atoms with van der Waals surface area (Å²) in [5, 5.41) is 6.68. The van der Waals surface area contributed by atoms with E-state index in [9.17, 15) is 4.79 Å². The van der Waals surface area contributed by atoms with Crippen molar-refractivity contribution >= 4 is 34.2 Å². The first-order valence-corrected chi connectivity index (χ1v) is 11.9. The molecule has 0 spiro atoms. The monoisotopic (exact) mass is 456 g/mol. The van der Waals surface area contributed by atoms with Gasteiger partial charge in [-0.05, 0) is 67.1 Å². The Kier molecular flexibility index (Phi) is 5.30. The van der Waals surface area contributed by atoms with Gasteiger partial charge >= 0.3 is 5.76 Å². The summed E-state index contributed by atoms with van der Waals surface area (Å²) >= 11 is 0. The SMILES string of the molecule is Cc1cnc(Nc2ccc3c(c2)CN(CC2CCCC2)C3)nc1Nc1ccc2oc(=O)[nH]c2c1. The number of fused-ring (bicyclic) bond motifs is 2. The van der Waals surface area contributed by atoms with E-state index in [4.69, 9.17) is 4.42 Å². The number of benzene rings is 2. The van der Waals surface area contributed by atoms with Gasteiger partial charge in [0.05, 0.1) is 5.52 Å². The number of aryl methyl sites for hydroxylation is 1. The smallest absolute Gasteiger partial charge is 0.408 e. The van der Waals surface area contributed by atoms with Crippen LogP contribution in [0.3, 0.4) is 0 Å². The first-order valence-electron chi connectivity index (χ1n) is 11.9. The minimum atomic E-state index is -0.465. The Morgan fingerprint density at radius 3 is 2.74 bits per heavy atom. The van der Waals surface area contributed by atoms with Crippen LogP contribution in [-0.4, -0.2) is 26.4 Å². The molecule has 3 heterocycles. The molecular formula is C26H28N6O2. The summed E-state index contributed by atoms with van der Waals surface area (Å²) in [7, 11) is 0. The van der Waals surface area contributed by atoms with Crippen LogP contribution in [0.1, 0.15) is 42.4 Å². The van der Waals surface area contributed by atoms with Gasteiger partial charge in [0.2, 0.25) is 5.95 Å². The second-order valence-corrected chi connectivity index (χ2v) is 9.50. The fourth-order valence-corrected chi connectivity index (χ4v) is 5.15. The van der Waals surface area contributed by atoms with Crippen LogP contribution in [0, 0.1) is 12.8 Å². The van der Waals surface area contributed by atoms with Crippen LogP contribution < -0.4 is 16.4 Å². The lowest BCUT2D eigenvalue weighted by Gasteiger charge is -2.19. The van der Waals surface area contributed by atoms with E-state index in [-0.39, 0.29) is 0 Å². The van der Waals surface area contributed by atoms with Crippen molar-refractivity contribution in [2.45, 2.75) is 45.7 Å². The van der Waals surface area contributed by atoms with E-state index in [1.54, 1.807) is 12.3 Å². The molecular weight excluding hydrogens is 428 g/mol. The van der Waals surface area contributed by atoms with Crippen LogP contribution in [0.4, 0.5) is 23.1 Å². The number of nitrogens with one attached hydrogen (secondary N) is 3. The maximum atomic E-state index is 11.4. The van der Waals surface area contributed by atoms with Crippen molar-refractivity contribution in [3.63, 3.8) is 0 Å². The molecule has 174 valence electrons. The van der Waals surface area contributed by atoms with Crippen molar-refractivity contribution in [1.82, 2.24) is 19.9 Å². The summed E-state index contributed by atoms with van der Waals surface area (Å²) in [5.74, 6) is 1.64. The van der Waals surface area contributed by atoms with Crippen LogP contribution in [0.15, 0.2) is 51.8 Å². The molecule has 1 saturated carbocycles. The van der Waals surface area contributed by atoms with Gasteiger partial charge in [0.25, 0.3) is 0 Å². The highest BCUT2D eigenvalue weighted by molar-refractivity contribution is 5.78. The molecule has 2 aromatic carbocycles. The third kappa shape index (κ3) is 4.28. The second-order valence-electron chi connectivity index (χ2n) is 9.50. The van der Waals surface area contributed by atoms with Crippen molar-refractivity contribution in [3.05, 3.63) is 69.8 Å². The molecule has 1 aliphatic heterocycles. The molecule has 2 aliphatic rings. The lowest BCUT2D eigenvalue weighted by Crippen LogP contribution is -2.23. The Bertz CT molecular complexity index is 1400. The van der Waals surface area contributed by atoms with E-state index in [0.717, 1.165) is 35.9 Å². The number of H-pyrrole nitrogens is 1. The van der Waals surface area contributed by atoms with Crippen molar-refractivity contribution in [1.29, 1.82) is 0 Å². The maximum absolute atomic E-state index is 11.4. The predicted octanol–water partition coefficient (Wildman–Crippen LogP) is 5.21. The molecule has 0 amide bonds. The molecule has 34 heavy (non-hydrogen) atoms. The van der Waals surface area contributed by atoms with Gasteiger partial charge in [-0.1, -0.05) is 18.9 Å². The largest absolute Gasteiger partial charge is 0.417 e. The van der Waals surface area contributed by atoms with E-state index >= 15 is 0 Å². The lowest BCUT2D eigenvalue weighted by atomic mass is 10.1. The van der Waals surface area contributed by atoms with Crippen molar-refractivity contribution in [3.8, 4) is 0 Å². The molecule has 8 nitrogen and oxygen atoms in total. The molecule has 0 atom stereocenters. The summed E-state index contributed by atoms with van der Waals surface area (Å²) in [4.78, 5) is 25.8. The zero-order valence-corrected chi connectivity index (χ0v) is 19.2. The normalized spacial score (nSPS) is 16.3. The number of aromatic amines is 1. The summed E-state index contributed by atoms with van der Waals surface area (Å²) in [5.41, 5.74) is 6.68. The number of anilines is 4. The number of hydrogen-bond donors (Lipinski definition) is 3. The van der Waals surface area contributed by atoms with Gasteiger partial charge in [-0.3, -0.25) is 9.88 Å². The lowest BCUT2D eigenvalue weighted by molar-refractivity contribution is 0.237. The van der Waals surface area contributed by atoms with Gasteiger partial charge in [-0.2, -0.15) is 4.98 Å². The molecule has 1 fully saturated rings. The molecule has 0 unspecified atom stereocenters. The van der Waals surface area contributed by atoms with Crippen LogP contribution in [-0.2, 0) is 13.1 Å². The molecule has 0 bridgehead atoms. The molecule has 2 aromatic heterocycles. The quantitative estimate of drug-likeness (QED) is 0.366. The number of aromatic nitrogens is 3. The van der Waals surface area contributed by atoms with Gasteiger partial charge in [0.1, 0.15) is 5.82 Å². The number of rotatable bonds is 6. The fourth-order valence-electron chi connectivity index (χ4n) is 5.15. The van der Waals surface area contributed by atoms with E-state index in [0.29, 0.717) is 22.9 Å². The van der Waals surface area contributed by atoms with E-state index in [1.165, 1.54) is 43.4 Å². The van der Waals surface area contributed by atoms with Crippen LogP contribution in [0.2, 0.25) is 0 Å². The van der Waals surface area contributed by atoms with Crippen molar-refractivity contribution < 1.29 is 4.42 Å².